The molecule has 0 radical (unpaired) electrons. The first-order chi connectivity index (χ1) is 13.0. The fraction of sp³-hybridized carbons (Fsp3) is 0.105. The number of ether oxygens (including phenoxy) is 1. The van der Waals surface area contributed by atoms with Crippen molar-refractivity contribution in [1.29, 1.82) is 0 Å². The van der Waals surface area contributed by atoms with Gasteiger partial charge in [0.05, 0.1) is 29.3 Å². The van der Waals surface area contributed by atoms with E-state index in [9.17, 15) is 9.59 Å². The second-order valence-corrected chi connectivity index (χ2v) is 6.48. The average molecular weight is 404 g/mol. The van der Waals surface area contributed by atoms with Crippen LogP contribution in [0.4, 0.5) is 5.82 Å². The van der Waals surface area contributed by atoms with Gasteiger partial charge >= 0.3 is 5.97 Å². The SMILES string of the molecule is COC(=O)c1ccc(C(=O)Nc2ccn(Cc3ccc(Cl)c(Cl)c3)n2)cc1. The molecule has 1 N–H and O–H groups in total. The summed E-state index contributed by atoms with van der Waals surface area (Å²) in [6, 6.07) is 13.2. The van der Waals surface area contributed by atoms with Gasteiger partial charge in [-0.05, 0) is 42.0 Å². The van der Waals surface area contributed by atoms with Crippen LogP contribution in [0.5, 0.6) is 0 Å². The van der Waals surface area contributed by atoms with Crippen molar-refractivity contribution in [2.24, 2.45) is 0 Å². The standard InChI is InChI=1S/C19H15Cl2N3O3/c1-27-19(26)14-5-3-13(4-6-14)18(25)22-17-8-9-24(23-17)11-12-2-7-15(20)16(21)10-12/h2-10H,11H2,1H3,(H,22,23,25). The van der Waals surface area contributed by atoms with Crippen LogP contribution in [0, 0.1) is 0 Å². The van der Waals surface area contributed by atoms with Crippen molar-refractivity contribution in [3.63, 3.8) is 0 Å². The summed E-state index contributed by atoms with van der Waals surface area (Å²) in [4.78, 5) is 23.7. The highest BCUT2D eigenvalue weighted by atomic mass is 35.5. The molecule has 0 atom stereocenters. The molecule has 1 amide bonds. The van der Waals surface area contributed by atoms with E-state index in [0.29, 0.717) is 33.5 Å². The van der Waals surface area contributed by atoms with Crippen LogP contribution < -0.4 is 5.32 Å². The summed E-state index contributed by atoms with van der Waals surface area (Å²) in [5.41, 5.74) is 1.71. The summed E-state index contributed by atoms with van der Waals surface area (Å²) in [5.74, 6) is -0.369. The number of benzene rings is 2. The maximum absolute atomic E-state index is 12.3. The lowest BCUT2D eigenvalue weighted by atomic mass is 10.1. The van der Waals surface area contributed by atoms with E-state index in [1.807, 2.05) is 6.07 Å². The highest BCUT2D eigenvalue weighted by molar-refractivity contribution is 6.42. The molecule has 0 saturated heterocycles. The Kier molecular flexibility index (Phi) is 5.78. The van der Waals surface area contributed by atoms with Crippen LogP contribution in [0.1, 0.15) is 26.3 Å². The number of aromatic nitrogens is 2. The molecule has 0 unspecified atom stereocenters. The third-order valence-corrected chi connectivity index (χ3v) is 4.52. The minimum atomic E-state index is -0.456. The molecule has 3 rings (SSSR count). The van der Waals surface area contributed by atoms with Crippen molar-refractivity contribution >= 4 is 40.9 Å². The van der Waals surface area contributed by atoms with Gasteiger partial charge in [0.1, 0.15) is 0 Å². The van der Waals surface area contributed by atoms with Crippen LogP contribution in [-0.4, -0.2) is 28.8 Å². The Labute approximate surface area is 165 Å². The first-order valence-corrected chi connectivity index (χ1v) is 8.69. The number of halogens is 2. The van der Waals surface area contributed by atoms with Crippen molar-refractivity contribution in [3.8, 4) is 0 Å². The molecule has 8 heteroatoms. The molecule has 0 aliphatic heterocycles. The molecule has 2 aromatic carbocycles. The number of hydrogen-bond acceptors (Lipinski definition) is 4. The van der Waals surface area contributed by atoms with E-state index in [1.165, 1.54) is 19.2 Å². The zero-order valence-corrected chi connectivity index (χ0v) is 15.8. The second kappa shape index (κ2) is 8.24. The number of rotatable bonds is 5. The summed E-state index contributed by atoms with van der Waals surface area (Å²) in [6.45, 7) is 0.487. The van der Waals surface area contributed by atoms with Crippen molar-refractivity contribution < 1.29 is 14.3 Å². The van der Waals surface area contributed by atoms with Gasteiger partial charge in [0.15, 0.2) is 5.82 Å². The van der Waals surface area contributed by atoms with Gasteiger partial charge < -0.3 is 10.1 Å². The highest BCUT2D eigenvalue weighted by Crippen LogP contribution is 2.23. The maximum atomic E-state index is 12.3. The molecule has 27 heavy (non-hydrogen) atoms. The largest absolute Gasteiger partial charge is 0.465 e. The average Bonchev–Trinajstić information content (AvgIpc) is 3.11. The number of amides is 1. The lowest BCUT2D eigenvalue weighted by Crippen LogP contribution is -2.13. The number of methoxy groups -OCH3 is 1. The Morgan fingerprint density at radius 1 is 1.04 bits per heavy atom. The number of esters is 1. The summed E-state index contributed by atoms with van der Waals surface area (Å²) >= 11 is 11.9. The Morgan fingerprint density at radius 2 is 1.74 bits per heavy atom. The molecule has 0 saturated carbocycles. The highest BCUT2D eigenvalue weighted by Gasteiger charge is 2.11. The molecule has 0 aliphatic rings. The zero-order valence-electron chi connectivity index (χ0n) is 14.3. The number of nitrogens with one attached hydrogen (secondary N) is 1. The molecule has 1 heterocycles. The summed E-state index contributed by atoms with van der Waals surface area (Å²) < 4.78 is 6.31. The first-order valence-electron chi connectivity index (χ1n) is 7.93. The van der Waals surface area contributed by atoms with E-state index in [-0.39, 0.29) is 5.91 Å². The maximum Gasteiger partial charge on any atom is 0.337 e. The third kappa shape index (κ3) is 4.67. The van der Waals surface area contributed by atoms with Crippen LogP contribution in [0.25, 0.3) is 0 Å². The molecule has 138 valence electrons. The number of hydrogen-bond donors (Lipinski definition) is 1. The molecular formula is C19H15Cl2N3O3. The van der Waals surface area contributed by atoms with Gasteiger partial charge in [-0.25, -0.2) is 4.79 Å². The Hall–Kier alpha value is -2.83. The zero-order chi connectivity index (χ0) is 19.4. The lowest BCUT2D eigenvalue weighted by Gasteiger charge is -2.05. The summed E-state index contributed by atoms with van der Waals surface area (Å²) in [6.07, 6.45) is 1.75. The molecule has 3 aromatic rings. The van der Waals surface area contributed by atoms with Gasteiger partial charge in [-0.1, -0.05) is 29.3 Å². The van der Waals surface area contributed by atoms with Crippen LogP contribution in [-0.2, 0) is 11.3 Å². The lowest BCUT2D eigenvalue weighted by molar-refractivity contribution is 0.0600. The predicted octanol–water partition coefficient (Wildman–Crippen LogP) is 4.28. The minimum Gasteiger partial charge on any atom is -0.465 e. The molecule has 6 nitrogen and oxygen atoms in total. The molecule has 0 spiro atoms. The quantitative estimate of drug-likeness (QED) is 0.645. The molecule has 0 fully saturated rings. The second-order valence-electron chi connectivity index (χ2n) is 5.67. The van der Waals surface area contributed by atoms with Crippen molar-refractivity contribution in [3.05, 3.63) is 81.5 Å². The van der Waals surface area contributed by atoms with Crippen LogP contribution in [0.15, 0.2) is 54.7 Å². The fourth-order valence-electron chi connectivity index (χ4n) is 2.41. The smallest absolute Gasteiger partial charge is 0.337 e. The molecule has 0 bridgehead atoms. The number of carbonyl (C=O) groups is 2. The molecule has 1 aromatic heterocycles. The van der Waals surface area contributed by atoms with Gasteiger partial charge in [0, 0.05) is 17.8 Å². The summed E-state index contributed by atoms with van der Waals surface area (Å²) in [7, 11) is 1.30. The van der Waals surface area contributed by atoms with Crippen molar-refractivity contribution in [2.75, 3.05) is 12.4 Å². The van der Waals surface area contributed by atoms with E-state index in [4.69, 9.17) is 23.2 Å². The van der Waals surface area contributed by atoms with Crippen LogP contribution >= 0.6 is 23.2 Å². The predicted molar refractivity (Wildman–Crippen MR) is 104 cm³/mol. The number of carbonyl (C=O) groups excluding carboxylic acids is 2. The Morgan fingerprint density at radius 3 is 2.41 bits per heavy atom. The topological polar surface area (TPSA) is 73.2 Å². The van der Waals surface area contributed by atoms with E-state index >= 15 is 0 Å². The monoisotopic (exact) mass is 403 g/mol. The van der Waals surface area contributed by atoms with E-state index in [2.05, 4.69) is 15.2 Å². The minimum absolute atomic E-state index is 0.328. The van der Waals surface area contributed by atoms with Crippen LogP contribution in [0.3, 0.4) is 0 Å². The van der Waals surface area contributed by atoms with Crippen molar-refractivity contribution in [2.45, 2.75) is 6.54 Å². The fourth-order valence-corrected chi connectivity index (χ4v) is 2.73. The van der Waals surface area contributed by atoms with Gasteiger partial charge in [0.2, 0.25) is 0 Å². The van der Waals surface area contributed by atoms with Gasteiger partial charge in [0.25, 0.3) is 5.91 Å². The Balaban J connectivity index is 1.65. The Bertz CT molecular complexity index is 984. The first kappa shape index (κ1) is 18.9. The number of nitrogens with zero attached hydrogens (tertiary/aromatic N) is 2. The molecule has 0 aliphatic carbocycles. The van der Waals surface area contributed by atoms with E-state index in [0.717, 1.165) is 5.56 Å². The van der Waals surface area contributed by atoms with Gasteiger partial charge in [-0.2, -0.15) is 5.10 Å². The van der Waals surface area contributed by atoms with E-state index in [1.54, 1.807) is 41.2 Å². The third-order valence-electron chi connectivity index (χ3n) is 3.78. The van der Waals surface area contributed by atoms with Gasteiger partial charge in [-0.15, -0.1) is 0 Å². The van der Waals surface area contributed by atoms with Crippen molar-refractivity contribution in [1.82, 2.24) is 9.78 Å². The summed E-state index contributed by atoms with van der Waals surface area (Å²) in [5, 5.41) is 8.00. The van der Waals surface area contributed by atoms with Gasteiger partial charge in [-0.3, -0.25) is 9.48 Å². The van der Waals surface area contributed by atoms with Crippen LogP contribution in [0.2, 0.25) is 10.0 Å². The number of anilines is 1. The van der Waals surface area contributed by atoms with E-state index < -0.39 is 5.97 Å². The normalized spacial score (nSPS) is 10.5. The molecular weight excluding hydrogens is 389 g/mol.